The molecule has 1 aliphatic rings. The molecule has 0 saturated heterocycles. The molecule has 0 fully saturated rings. The van der Waals surface area contributed by atoms with Crippen LogP contribution in [0.15, 0.2) is 72.8 Å². The molecule has 3 aromatic rings. The number of hydrogen-bond acceptors (Lipinski definition) is 5. The Morgan fingerprint density at radius 1 is 0.967 bits per heavy atom. The smallest absolute Gasteiger partial charge is 0.339 e. The summed E-state index contributed by atoms with van der Waals surface area (Å²) in [5, 5.41) is 2.78. The fraction of sp³-hybridized carbons (Fsp3) is 0.130. The summed E-state index contributed by atoms with van der Waals surface area (Å²) in [7, 11) is 0. The zero-order valence-corrected chi connectivity index (χ0v) is 15.8. The van der Waals surface area contributed by atoms with E-state index in [4.69, 9.17) is 14.2 Å². The van der Waals surface area contributed by atoms with Crippen LogP contribution >= 0.6 is 0 Å². The minimum Gasteiger partial charge on any atom is -0.454 e. The molecule has 0 aromatic heterocycles. The summed E-state index contributed by atoms with van der Waals surface area (Å²) in [6.45, 7) is 0.382. The van der Waals surface area contributed by atoms with Crippen molar-refractivity contribution in [2.45, 2.75) is 12.6 Å². The lowest BCUT2D eigenvalue weighted by Gasteiger charge is -2.18. The molecule has 30 heavy (non-hydrogen) atoms. The summed E-state index contributed by atoms with van der Waals surface area (Å²) < 4.78 is 29.2. The topological polar surface area (TPSA) is 73.9 Å². The minimum atomic E-state index is -1.15. The van der Waals surface area contributed by atoms with Crippen molar-refractivity contribution in [3.8, 4) is 11.5 Å². The average Bonchev–Trinajstić information content (AvgIpc) is 3.24. The largest absolute Gasteiger partial charge is 0.454 e. The molecule has 0 radical (unpaired) electrons. The molecule has 0 unspecified atom stereocenters. The maximum atomic E-state index is 13.1. The molecule has 1 amide bonds. The summed E-state index contributed by atoms with van der Waals surface area (Å²) >= 11 is 0. The van der Waals surface area contributed by atoms with Gasteiger partial charge >= 0.3 is 5.97 Å². The number of halogens is 1. The lowest BCUT2D eigenvalue weighted by atomic mass is 10.1. The van der Waals surface area contributed by atoms with Crippen molar-refractivity contribution in [1.29, 1.82) is 0 Å². The SMILES string of the molecule is O=C(O[C@H](C(=O)NCc1ccc2c(c1)OCO2)c1ccccc1)c1ccc(F)cc1. The normalized spacial score (nSPS) is 12.8. The number of benzene rings is 3. The van der Waals surface area contributed by atoms with Crippen molar-refractivity contribution in [3.63, 3.8) is 0 Å². The number of hydrogen-bond donors (Lipinski definition) is 1. The van der Waals surface area contributed by atoms with Gasteiger partial charge in [0.2, 0.25) is 12.9 Å². The van der Waals surface area contributed by atoms with Crippen molar-refractivity contribution in [1.82, 2.24) is 5.32 Å². The number of rotatable bonds is 6. The van der Waals surface area contributed by atoms with E-state index in [2.05, 4.69) is 5.32 Å². The van der Waals surface area contributed by atoms with E-state index >= 15 is 0 Å². The highest BCUT2D eigenvalue weighted by Gasteiger charge is 2.25. The maximum absolute atomic E-state index is 13.1. The lowest BCUT2D eigenvalue weighted by Crippen LogP contribution is -2.31. The second kappa shape index (κ2) is 8.65. The maximum Gasteiger partial charge on any atom is 0.339 e. The molecule has 7 heteroatoms. The number of nitrogens with one attached hydrogen (secondary N) is 1. The Morgan fingerprint density at radius 3 is 2.47 bits per heavy atom. The Kier molecular flexibility index (Phi) is 5.61. The van der Waals surface area contributed by atoms with Crippen LogP contribution in [0, 0.1) is 5.82 Å². The van der Waals surface area contributed by atoms with Crippen molar-refractivity contribution < 1.29 is 28.2 Å². The first kappa shape index (κ1) is 19.4. The first-order valence-corrected chi connectivity index (χ1v) is 9.28. The lowest BCUT2D eigenvalue weighted by molar-refractivity contribution is -0.130. The van der Waals surface area contributed by atoms with Gasteiger partial charge in [0.25, 0.3) is 5.91 Å². The Hall–Kier alpha value is -3.87. The molecule has 1 atom stereocenters. The van der Waals surface area contributed by atoms with Crippen LogP contribution in [0.1, 0.15) is 27.6 Å². The highest BCUT2D eigenvalue weighted by atomic mass is 19.1. The van der Waals surface area contributed by atoms with E-state index in [1.807, 2.05) is 6.07 Å². The molecule has 6 nitrogen and oxygen atoms in total. The van der Waals surface area contributed by atoms with Gasteiger partial charge in [-0.05, 0) is 42.0 Å². The van der Waals surface area contributed by atoms with Crippen LogP contribution in [0.2, 0.25) is 0 Å². The zero-order valence-electron chi connectivity index (χ0n) is 15.8. The van der Waals surface area contributed by atoms with Crippen molar-refractivity contribution in [3.05, 3.63) is 95.3 Å². The number of fused-ring (bicyclic) bond motifs is 1. The third-order valence-electron chi connectivity index (χ3n) is 4.55. The van der Waals surface area contributed by atoms with E-state index in [9.17, 15) is 14.0 Å². The van der Waals surface area contributed by atoms with Crippen LogP contribution in [0.5, 0.6) is 11.5 Å². The fourth-order valence-electron chi connectivity index (χ4n) is 2.99. The van der Waals surface area contributed by atoms with Gasteiger partial charge in [-0.25, -0.2) is 9.18 Å². The fourth-order valence-corrected chi connectivity index (χ4v) is 2.99. The van der Waals surface area contributed by atoms with Gasteiger partial charge < -0.3 is 19.5 Å². The predicted molar refractivity (Wildman–Crippen MR) is 105 cm³/mol. The predicted octanol–water partition coefficient (Wildman–Crippen LogP) is 3.77. The van der Waals surface area contributed by atoms with Gasteiger partial charge in [0.1, 0.15) is 5.82 Å². The quantitative estimate of drug-likeness (QED) is 0.630. The number of amides is 1. The number of esters is 1. The minimum absolute atomic E-state index is 0.154. The molecular weight excluding hydrogens is 389 g/mol. The molecule has 1 heterocycles. The molecule has 3 aromatic carbocycles. The zero-order chi connectivity index (χ0) is 20.9. The summed E-state index contributed by atoms with van der Waals surface area (Å²) in [5.74, 6) is -0.395. The summed E-state index contributed by atoms with van der Waals surface area (Å²) in [6.07, 6.45) is -1.15. The third-order valence-corrected chi connectivity index (χ3v) is 4.55. The van der Waals surface area contributed by atoms with Gasteiger partial charge in [-0.3, -0.25) is 4.79 Å². The van der Waals surface area contributed by atoms with Gasteiger partial charge in [0, 0.05) is 12.1 Å². The van der Waals surface area contributed by atoms with Crippen molar-refractivity contribution in [2.75, 3.05) is 6.79 Å². The second-order valence-electron chi connectivity index (χ2n) is 6.61. The third kappa shape index (κ3) is 4.41. The van der Waals surface area contributed by atoms with Crippen molar-refractivity contribution in [2.24, 2.45) is 0 Å². The van der Waals surface area contributed by atoms with Gasteiger partial charge in [-0.1, -0.05) is 36.4 Å². The van der Waals surface area contributed by atoms with Crippen LogP contribution in [0.25, 0.3) is 0 Å². The van der Waals surface area contributed by atoms with Crippen LogP contribution in [0.3, 0.4) is 0 Å². The Bertz CT molecular complexity index is 1050. The van der Waals surface area contributed by atoms with Gasteiger partial charge in [0.05, 0.1) is 5.56 Å². The molecule has 4 rings (SSSR count). The summed E-state index contributed by atoms with van der Waals surface area (Å²) in [5.41, 5.74) is 1.49. The Morgan fingerprint density at radius 2 is 1.70 bits per heavy atom. The van der Waals surface area contributed by atoms with Gasteiger partial charge in [-0.2, -0.15) is 0 Å². The van der Waals surface area contributed by atoms with Gasteiger partial charge in [-0.15, -0.1) is 0 Å². The number of ether oxygens (including phenoxy) is 3. The Balaban J connectivity index is 1.48. The summed E-state index contributed by atoms with van der Waals surface area (Å²) in [4.78, 5) is 25.4. The van der Waals surface area contributed by atoms with E-state index in [0.717, 1.165) is 17.7 Å². The van der Waals surface area contributed by atoms with Crippen molar-refractivity contribution >= 4 is 11.9 Å². The average molecular weight is 407 g/mol. The molecule has 0 saturated carbocycles. The highest BCUT2D eigenvalue weighted by molar-refractivity contribution is 5.92. The second-order valence-corrected chi connectivity index (χ2v) is 6.61. The molecular formula is C23H18FNO5. The molecule has 1 aliphatic heterocycles. The van der Waals surface area contributed by atoms with Crippen LogP contribution in [0.4, 0.5) is 4.39 Å². The standard InChI is InChI=1S/C23H18FNO5/c24-18-9-7-17(8-10-18)23(27)30-21(16-4-2-1-3-5-16)22(26)25-13-15-6-11-19-20(12-15)29-14-28-19/h1-12,21H,13-14H2,(H,25,26)/t21-/m0/s1. The highest BCUT2D eigenvalue weighted by Crippen LogP contribution is 2.32. The summed E-state index contributed by atoms with van der Waals surface area (Å²) in [6, 6.07) is 19.0. The molecule has 0 bridgehead atoms. The Labute approximate surface area is 172 Å². The van der Waals surface area contributed by atoms with Crippen LogP contribution < -0.4 is 14.8 Å². The monoisotopic (exact) mass is 407 g/mol. The molecule has 0 spiro atoms. The first-order valence-electron chi connectivity index (χ1n) is 9.28. The van der Waals surface area contributed by atoms with E-state index in [0.29, 0.717) is 17.1 Å². The molecule has 152 valence electrons. The van der Waals surface area contributed by atoms with Gasteiger partial charge in [0.15, 0.2) is 11.5 Å². The first-order chi connectivity index (χ1) is 14.6. The van der Waals surface area contributed by atoms with E-state index in [1.54, 1.807) is 42.5 Å². The number of carbonyl (C=O) groups is 2. The van der Waals surface area contributed by atoms with E-state index in [-0.39, 0.29) is 18.9 Å². The van der Waals surface area contributed by atoms with E-state index in [1.165, 1.54) is 12.1 Å². The number of carbonyl (C=O) groups excluding carboxylic acids is 2. The van der Waals surface area contributed by atoms with Crippen LogP contribution in [-0.2, 0) is 16.1 Å². The molecule has 0 aliphatic carbocycles. The van der Waals surface area contributed by atoms with Crippen LogP contribution in [-0.4, -0.2) is 18.7 Å². The van der Waals surface area contributed by atoms with E-state index < -0.39 is 23.8 Å². The molecule has 1 N–H and O–H groups in total.